The lowest BCUT2D eigenvalue weighted by atomic mass is 9.93. The maximum atomic E-state index is 12.7. The Balaban J connectivity index is 0.000000344. The number of carbonyl (C=O) groups is 1. The van der Waals surface area contributed by atoms with Gasteiger partial charge in [0.15, 0.2) is 5.78 Å². The summed E-state index contributed by atoms with van der Waals surface area (Å²) < 4.78 is 5.36. The third-order valence-electron chi connectivity index (χ3n) is 4.79. The molecule has 0 saturated heterocycles. The van der Waals surface area contributed by atoms with Gasteiger partial charge in [-0.15, -0.1) is 0 Å². The van der Waals surface area contributed by atoms with Crippen LogP contribution in [-0.4, -0.2) is 24.1 Å². The van der Waals surface area contributed by atoms with Gasteiger partial charge in [-0.1, -0.05) is 113 Å². The number of hydrogen-bond acceptors (Lipinski definition) is 3. The van der Waals surface area contributed by atoms with E-state index in [1.54, 1.807) is 18.2 Å². The molecule has 3 aromatic rings. The van der Waals surface area contributed by atoms with Gasteiger partial charge in [-0.05, 0) is 34.9 Å². The number of ether oxygens (including phenoxy) is 1. The molecule has 0 fully saturated rings. The molecule has 0 aromatic heterocycles. The van der Waals surface area contributed by atoms with E-state index in [1.165, 1.54) is 0 Å². The summed E-state index contributed by atoms with van der Waals surface area (Å²) in [6.07, 6.45) is -0.460. The number of Topliss-reactive ketones (excluding diaryl/α,β-unsaturated/α-hetero) is 1. The lowest BCUT2D eigenvalue weighted by Gasteiger charge is -2.13. The van der Waals surface area contributed by atoms with Gasteiger partial charge in [0, 0.05) is 18.8 Å². The first-order valence-electron chi connectivity index (χ1n) is 11.3. The van der Waals surface area contributed by atoms with Gasteiger partial charge in [-0.25, -0.2) is 0 Å². The normalized spacial score (nSPS) is 11.7. The molecule has 1 unspecified atom stereocenters. The van der Waals surface area contributed by atoms with Gasteiger partial charge in [-0.2, -0.15) is 0 Å². The van der Waals surface area contributed by atoms with Crippen molar-refractivity contribution >= 4 is 5.78 Å². The van der Waals surface area contributed by atoms with E-state index in [0.29, 0.717) is 29.4 Å². The molecule has 0 aliphatic rings. The average Bonchev–Trinajstić information content (AvgIpc) is 2.80. The molecule has 0 amide bonds. The quantitative estimate of drug-likeness (QED) is 0.392. The molecule has 1 atom stereocenters. The molecule has 3 nitrogen and oxygen atoms in total. The fourth-order valence-electron chi connectivity index (χ4n) is 3.20. The van der Waals surface area contributed by atoms with Crippen LogP contribution in [-0.2, 0) is 11.2 Å². The second kappa shape index (κ2) is 13.6. The Hall–Kier alpha value is -2.75. The monoisotopic (exact) mass is 432 g/mol. The molecule has 170 valence electrons. The predicted octanol–water partition coefficient (Wildman–Crippen LogP) is 6.51. The van der Waals surface area contributed by atoms with Gasteiger partial charge in [0.2, 0.25) is 0 Å². The minimum absolute atomic E-state index is 0.261. The van der Waals surface area contributed by atoms with Crippen LogP contribution < -0.4 is 0 Å². The molecule has 32 heavy (non-hydrogen) atoms. The number of carbonyl (C=O) groups excluding carboxylic acids is 1. The molecular formula is C29H36O3. The van der Waals surface area contributed by atoms with Crippen molar-refractivity contribution in [2.24, 2.45) is 11.8 Å². The van der Waals surface area contributed by atoms with Crippen LogP contribution >= 0.6 is 0 Å². The summed E-state index contributed by atoms with van der Waals surface area (Å²) in [5.41, 5.74) is 3.26. The third-order valence-corrected chi connectivity index (χ3v) is 4.79. The van der Waals surface area contributed by atoms with Gasteiger partial charge >= 0.3 is 0 Å². The summed E-state index contributed by atoms with van der Waals surface area (Å²) in [5.74, 6) is 1.08. The van der Waals surface area contributed by atoms with Crippen LogP contribution in [0, 0.1) is 11.8 Å². The average molecular weight is 433 g/mol. The standard InChI is InChI=1S/C21H18O2.C8H18O/c22-20(17-11-5-2-6-12-17)21(23)19-14-8-7-13-18(19)15-16-9-3-1-4-10-16;1-7(2)5-9-6-8(3)4/h1-14,20,22H,15H2;7-8H,5-6H2,1-4H3. The van der Waals surface area contributed by atoms with Crippen LogP contribution in [0.5, 0.6) is 0 Å². The molecule has 0 aliphatic carbocycles. The highest BCUT2D eigenvalue weighted by atomic mass is 16.5. The van der Waals surface area contributed by atoms with Crippen molar-refractivity contribution in [3.05, 3.63) is 107 Å². The number of hydrogen-bond donors (Lipinski definition) is 1. The van der Waals surface area contributed by atoms with Crippen LogP contribution in [0.15, 0.2) is 84.9 Å². The van der Waals surface area contributed by atoms with E-state index >= 15 is 0 Å². The molecule has 0 spiro atoms. The third kappa shape index (κ3) is 8.78. The van der Waals surface area contributed by atoms with Gasteiger partial charge in [0.1, 0.15) is 6.10 Å². The highest BCUT2D eigenvalue weighted by Crippen LogP contribution is 2.22. The summed E-state index contributed by atoms with van der Waals surface area (Å²) in [7, 11) is 0. The van der Waals surface area contributed by atoms with E-state index in [1.807, 2.05) is 66.7 Å². The van der Waals surface area contributed by atoms with Crippen LogP contribution in [0.3, 0.4) is 0 Å². The molecule has 0 aliphatic heterocycles. The van der Waals surface area contributed by atoms with Gasteiger partial charge < -0.3 is 9.84 Å². The molecular weight excluding hydrogens is 396 g/mol. The lowest BCUT2D eigenvalue weighted by molar-refractivity contribution is 0.0746. The first kappa shape index (κ1) is 25.5. The van der Waals surface area contributed by atoms with Gasteiger partial charge in [-0.3, -0.25) is 4.79 Å². The Morgan fingerprint density at radius 1 is 0.750 bits per heavy atom. The van der Waals surface area contributed by atoms with Crippen LogP contribution in [0.25, 0.3) is 0 Å². The fraction of sp³-hybridized carbons (Fsp3) is 0.345. The highest BCUT2D eigenvalue weighted by molar-refractivity contribution is 6.01. The van der Waals surface area contributed by atoms with Crippen LogP contribution in [0.1, 0.15) is 60.8 Å². The van der Waals surface area contributed by atoms with Crippen molar-refractivity contribution in [2.45, 2.75) is 40.2 Å². The molecule has 3 rings (SSSR count). The number of aliphatic hydroxyl groups excluding tert-OH is 1. The Labute approximate surface area is 193 Å². The van der Waals surface area contributed by atoms with Gasteiger partial charge in [0.25, 0.3) is 0 Å². The van der Waals surface area contributed by atoms with Crippen molar-refractivity contribution in [1.82, 2.24) is 0 Å². The second-order valence-electron chi connectivity index (χ2n) is 8.82. The van der Waals surface area contributed by atoms with E-state index in [2.05, 4.69) is 27.7 Å². The molecule has 0 saturated carbocycles. The SMILES string of the molecule is CC(C)COCC(C)C.O=C(c1ccccc1Cc1ccccc1)C(O)c1ccccc1. The summed E-state index contributed by atoms with van der Waals surface area (Å²) in [4.78, 5) is 12.7. The zero-order valence-corrected chi connectivity index (χ0v) is 19.7. The first-order valence-corrected chi connectivity index (χ1v) is 11.3. The van der Waals surface area contributed by atoms with Crippen molar-refractivity contribution in [3.63, 3.8) is 0 Å². The molecule has 0 radical (unpaired) electrons. The minimum atomic E-state index is -1.13. The number of rotatable bonds is 9. The Morgan fingerprint density at radius 3 is 1.81 bits per heavy atom. The van der Waals surface area contributed by atoms with Crippen molar-refractivity contribution in [2.75, 3.05) is 13.2 Å². The van der Waals surface area contributed by atoms with Crippen LogP contribution in [0.2, 0.25) is 0 Å². The smallest absolute Gasteiger partial charge is 0.196 e. The number of benzene rings is 3. The first-order chi connectivity index (χ1) is 15.4. The van der Waals surface area contributed by atoms with E-state index in [0.717, 1.165) is 24.3 Å². The molecule has 0 bridgehead atoms. The molecule has 3 heteroatoms. The number of ketones is 1. The maximum absolute atomic E-state index is 12.7. The Morgan fingerprint density at radius 2 is 1.25 bits per heavy atom. The maximum Gasteiger partial charge on any atom is 0.196 e. The van der Waals surface area contributed by atoms with Crippen LogP contribution in [0.4, 0.5) is 0 Å². The van der Waals surface area contributed by atoms with E-state index < -0.39 is 6.10 Å². The summed E-state index contributed by atoms with van der Waals surface area (Å²) in [6, 6.07) is 26.5. The zero-order valence-electron chi connectivity index (χ0n) is 19.7. The molecule has 3 aromatic carbocycles. The number of aliphatic hydroxyl groups is 1. The van der Waals surface area contributed by atoms with Crippen molar-refractivity contribution in [1.29, 1.82) is 0 Å². The summed E-state index contributed by atoms with van der Waals surface area (Å²) >= 11 is 0. The zero-order chi connectivity index (χ0) is 23.3. The van der Waals surface area contributed by atoms with Crippen molar-refractivity contribution in [3.8, 4) is 0 Å². The second-order valence-corrected chi connectivity index (χ2v) is 8.82. The van der Waals surface area contributed by atoms with Crippen molar-refractivity contribution < 1.29 is 14.6 Å². The Bertz CT molecular complexity index is 909. The van der Waals surface area contributed by atoms with Gasteiger partial charge in [0.05, 0.1) is 0 Å². The Kier molecular flexibility index (Phi) is 10.9. The largest absolute Gasteiger partial charge is 0.381 e. The topological polar surface area (TPSA) is 46.5 Å². The highest BCUT2D eigenvalue weighted by Gasteiger charge is 2.21. The van der Waals surface area contributed by atoms with E-state index in [9.17, 15) is 9.90 Å². The lowest BCUT2D eigenvalue weighted by Crippen LogP contribution is -2.14. The van der Waals surface area contributed by atoms with E-state index in [-0.39, 0.29) is 5.78 Å². The summed E-state index contributed by atoms with van der Waals surface area (Å²) in [6.45, 7) is 10.5. The predicted molar refractivity (Wildman–Crippen MR) is 132 cm³/mol. The molecule has 1 N–H and O–H groups in total. The van der Waals surface area contributed by atoms with E-state index in [4.69, 9.17) is 4.74 Å². The minimum Gasteiger partial charge on any atom is -0.381 e. The molecule has 0 heterocycles. The fourth-order valence-corrected chi connectivity index (χ4v) is 3.20. The summed E-state index contributed by atoms with van der Waals surface area (Å²) in [5, 5.41) is 10.4.